The molecule has 3 aromatic heterocycles. The van der Waals surface area contributed by atoms with Gasteiger partial charge in [0.2, 0.25) is 5.78 Å². The summed E-state index contributed by atoms with van der Waals surface area (Å²) in [5.74, 6) is 1.65. The zero-order valence-corrected chi connectivity index (χ0v) is 17.5. The first-order chi connectivity index (χ1) is 13.8. The predicted octanol–water partition coefficient (Wildman–Crippen LogP) is 4.53. The Labute approximate surface area is 171 Å². The molecule has 5 nitrogen and oxygen atoms in total. The Morgan fingerprint density at radius 3 is 2.79 bits per heavy atom. The molecule has 1 aliphatic carbocycles. The molecule has 0 amide bonds. The van der Waals surface area contributed by atoms with Gasteiger partial charge >= 0.3 is 0 Å². The van der Waals surface area contributed by atoms with Crippen LogP contribution in [0.1, 0.15) is 42.2 Å². The quantitative estimate of drug-likeness (QED) is 0.454. The van der Waals surface area contributed by atoms with Crippen molar-refractivity contribution >= 4 is 39.1 Å². The molecule has 0 bridgehead atoms. The van der Waals surface area contributed by atoms with E-state index in [1.807, 2.05) is 18.2 Å². The molecule has 0 saturated carbocycles. The lowest BCUT2D eigenvalue weighted by atomic mass is 9.98. The third kappa shape index (κ3) is 2.88. The fraction of sp³-hybridized carbons (Fsp3) is 0.381. The molecule has 0 spiro atoms. The zero-order valence-electron chi connectivity index (χ0n) is 15.9. The minimum atomic E-state index is 0.0604. The third-order valence-electron chi connectivity index (χ3n) is 5.28. The maximum atomic E-state index is 13.5. The average molecular weight is 411 g/mol. The van der Waals surface area contributed by atoms with Gasteiger partial charge in [-0.3, -0.25) is 13.8 Å². The monoisotopic (exact) mass is 410 g/mol. The molecule has 1 aliphatic rings. The lowest BCUT2D eigenvalue weighted by Gasteiger charge is -2.13. The minimum absolute atomic E-state index is 0.0604. The molecule has 0 radical (unpaired) electrons. The van der Waals surface area contributed by atoms with E-state index in [-0.39, 0.29) is 5.56 Å². The second-order valence-corrected chi connectivity index (χ2v) is 9.40. The van der Waals surface area contributed by atoms with Crippen LogP contribution in [-0.2, 0) is 19.4 Å². The summed E-state index contributed by atoms with van der Waals surface area (Å²) >= 11 is 3.41. The van der Waals surface area contributed by atoms with E-state index in [4.69, 9.17) is 0 Å². The molecule has 0 fully saturated rings. The van der Waals surface area contributed by atoms with Crippen LogP contribution < -0.4 is 5.56 Å². The van der Waals surface area contributed by atoms with Gasteiger partial charge in [-0.05, 0) is 43.2 Å². The van der Waals surface area contributed by atoms with Crippen LogP contribution >= 0.6 is 23.1 Å². The van der Waals surface area contributed by atoms with E-state index in [0.29, 0.717) is 12.3 Å². The Bertz CT molecular complexity index is 1210. The van der Waals surface area contributed by atoms with Crippen LogP contribution in [0.25, 0.3) is 16.0 Å². The van der Waals surface area contributed by atoms with E-state index in [0.717, 1.165) is 46.0 Å². The zero-order chi connectivity index (χ0) is 19.1. The molecule has 0 N–H and O–H groups in total. The SMILES string of the molecule is CCCSc1nnc2n(Cc3ccccc3)c(=O)c3sc4c(c3n12)CCCC4. The Morgan fingerprint density at radius 2 is 1.96 bits per heavy atom. The highest BCUT2D eigenvalue weighted by Crippen LogP contribution is 2.36. The van der Waals surface area contributed by atoms with Gasteiger partial charge < -0.3 is 0 Å². The smallest absolute Gasteiger partial charge is 0.271 e. The molecule has 0 unspecified atom stereocenters. The summed E-state index contributed by atoms with van der Waals surface area (Å²) < 4.78 is 4.80. The topological polar surface area (TPSA) is 52.2 Å². The van der Waals surface area contributed by atoms with Crippen LogP contribution in [0.4, 0.5) is 0 Å². The van der Waals surface area contributed by atoms with Crippen LogP contribution in [0.15, 0.2) is 40.3 Å². The summed E-state index contributed by atoms with van der Waals surface area (Å²) in [6.45, 7) is 2.68. The maximum absolute atomic E-state index is 13.5. The van der Waals surface area contributed by atoms with Crippen LogP contribution in [0, 0.1) is 0 Å². The Morgan fingerprint density at radius 1 is 1.14 bits per heavy atom. The number of nitrogens with zero attached hydrogens (tertiary/aromatic N) is 4. The molecule has 3 heterocycles. The first-order valence-corrected chi connectivity index (χ1v) is 11.7. The van der Waals surface area contributed by atoms with Crippen molar-refractivity contribution in [2.45, 2.75) is 50.7 Å². The Kier molecular flexibility index (Phi) is 4.72. The fourth-order valence-corrected chi connectivity index (χ4v) is 6.08. The molecule has 0 aliphatic heterocycles. The van der Waals surface area contributed by atoms with Gasteiger partial charge in [-0.2, -0.15) is 0 Å². The molecule has 1 aromatic carbocycles. The summed E-state index contributed by atoms with van der Waals surface area (Å²) in [5.41, 5.74) is 3.56. The van der Waals surface area contributed by atoms with Crippen molar-refractivity contribution in [1.29, 1.82) is 0 Å². The van der Waals surface area contributed by atoms with Crippen molar-refractivity contribution in [1.82, 2.24) is 19.2 Å². The molecule has 28 heavy (non-hydrogen) atoms. The normalized spacial score (nSPS) is 14.0. The van der Waals surface area contributed by atoms with Crippen LogP contribution in [0.2, 0.25) is 0 Å². The van der Waals surface area contributed by atoms with E-state index in [9.17, 15) is 4.79 Å². The second kappa shape index (κ2) is 7.37. The highest BCUT2D eigenvalue weighted by molar-refractivity contribution is 7.99. The van der Waals surface area contributed by atoms with Gasteiger partial charge in [0.25, 0.3) is 5.56 Å². The number of fused-ring (bicyclic) bond motifs is 5. The van der Waals surface area contributed by atoms with Crippen molar-refractivity contribution < 1.29 is 0 Å². The van der Waals surface area contributed by atoms with Gasteiger partial charge in [-0.15, -0.1) is 21.5 Å². The van der Waals surface area contributed by atoms with E-state index >= 15 is 0 Å². The van der Waals surface area contributed by atoms with Gasteiger partial charge in [0, 0.05) is 10.6 Å². The van der Waals surface area contributed by atoms with Gasteiger partial charge in [0.1, 0.15) is 4.70 Å². The van der Waals surface area contributed by atoms with Crippen LogP contribution in [0.5, 0.6) is 0 Å². The molecule has 7 heteroatoms. The van der Waals surface area contributed by atoms with E-state index in [2.05, 4.69) is 33.7 Å². The lowest BCUT2D eigenvalue weighted by Crippen LogP contribution is -2.23. The standard InChI is InChI=1S/C21H22N4OS2/c1-2-12-27-21-23-22-20-24(13-14-8-4-3-5-9-14)19(26)18-17(25(20)21)15-10-6-7-11-16(15)28-18/h3-5,8-9H,2,6-7,10-13H2,1H3. The summed E-state index contributed by atoms with van der Waals surface area (Å²) in [5, 5.41) is 9.84. The highest BCUT2D eigenvalue weighted by atomic mass is 32.2. The molecular formula is C21H22N4OS2. The largest absolute Gasteiger partial charge is 0.273 e. The first-order valence-electron chi connectivity index (χ1n) is 9.87. The van der Waals surface area contributed by atoms with Crippen molar-refractivity contribution in [3.63, 3.8) is 0 Å². The van der Waals surface area contributed by atoms with Gasteiger partial charge in [0.15, 0.2) is 5.16 Å². The van der Waals surface area contributed by atoms with Gasteiger partial charge in [-0.25, -0.2) is 0 Å². The Balaban J connectivity index is 1.81. The summed E-state index contributed by atoms with van der Waals surface area (Å²) in [7, 11) is 0. The predicted molar refractivity (Wildman–Crippen MR) is 116 cm³/mol. The second-order valence-electron chi connectivity index (χ2n) is 7.23. The number of thiophene rings is 1. The van der Waals surface area contributed by atoms with E-state index in [1.165, 1.54) is 23.3 Å². The van der Waals surface area contributed by atoms with Crippen molar-refractivity contribution in [3.05, 3.63) is 56.7 Å². The van der Waals surface area contributed by atoms with Crippen molar-refractivity contribution in [3.8, 4) is 0 Å². The minimum Gasteiger partial charge on any atom is -0.271 e. The Hall–Kier alpha value is -2.12. The third-order valence-corrected chi connectivity index (χ3v) is 7.69. The number of hydrogen-bond acceptors (Lipinski definition) is 5. The van der Waals surface area contributed by atoms with Crippen LogP contribution in [-0.4, -0.2) is 24.9 Å². The molecule has 0 saturated heterocycles. The molecule has 5 rings (SSSR count). The van der Waals surface area contributed by atoms with Crippen LogP contribution in [0.3, 0.4) is 0 Å². The molecule has 0 atom stereocenters. The van der Waals surface area contributed by atoms with E-state index in [1.54, 1.807) is 27.7 Å². The lowest BCUT2D eigenvalue weighted by molar-refractivity contribution is 0.697. The summed E-state index contributed by atoms with van der Waals surface area (Å²) in [6.07, 6.45) is 5.60. The first kappa shape index (κ1) is 17.9. The highest BCUT2D eigenvalue weighted by Gasteiger charge is 2.25. The number of thioether (sulfide) groups is 1. The van der Waals surface area contributed by atoms with Gasteiger partial charge in [-0.1, -0.05) is 49.0 Å². The maximum Gasteiger partial charge on any atom is 0.273 e. The number of hydrogen-bond donors (Lipinski definition) is 0. The molecule has 144 valence electrons. The van der Waals surface area contributed by atoms with E-state index < -0.39 is 0 Å². The number of aromatic nitrogens is 4. The van der Waals surface area contributed by atoms with Gasteiger partial charge in [0.05, 0.1) is 12.1 Å². The molecule has 4 aromatic rings. The number of rotatable bonds is 5. The number of benzene rings is 1. The summed E-state index contributed by atoms with van der Waals surface area (Å²) in [6, 6.07) is 10.1. The summed E-state index contributed by atoms with van der Waals surface area (Å²) in [4.78, 5) is 14.8. The average Bonchev–Trinajstić information content (AvgIpc) is 3.31. The number of aryl methyl sites for hydroxylation is 2. The van der Waals surface area contributed by atoms with Crippen molar-refractivity contribution in [2.75, 3.05) is 5.75 Å². The van der Waals surface area contributed by atoms with Crippen molar-refractivity contribution in [2.24, 2.45) is 0 Å². The molecular weight excluding hydrogens is 388 g/mol. The fourth-order valence-electron chi connectivity index (χ4n) is 3.97.